The molecule has 0 spiro atoms. The summed E-state index contributed by atoms with van der Waals surface area (Å²) >= 11 is 6.42. The fourth-order valence-corrected chi connectivity index (χ4v) is 5.96. The smallest absolute Gasteiger partial charge is 0.220 e. The SMILES string of the molecule is CC(C)Oc1cc(N2CCC(C(N)=O)CC2)ccc1Cc1ncc(Cl)c(Nc2ccccc2S(=O)(=O)C(C)C)n1. The number of benzene rings is 2. The van der Waals surface area contributed by atoms with E-state index >= 15 is 0 Å². The van der Waals surface area contributed by atoms with Crippen molar-refractivity contribution in [1.29, 1.82) is 0 Å². The van der Waals surface area contributed by atoms with Crippen LogP contribution >= 0.6 is 11.6 Å². The normalized spacial score (nSPS) is 14.5. The van der Waals surface area contributed by atoms with Crippen LogP contribution in [0.1, 0.15) is 51.9 Å². The van der Waals surface area contributed by atoms with Gasteiger partial charge in [-0.3, -0.25) is 4.79 Å². The number of carbonyl (C=O) groups excluding carboxylic acids is 1. The lowest BCUT2D eigenvalue weighted by atomic mass is 9.95. The van der Waals surface area contributed by atoms with Crippen LogP contribution in [0.2, 0.25) is 5.02 Å². The van der Waals surface area contributed by atoms with Gasteiger partial charge >= 0.3 is 0 Å². The van der Waals surface area contributed by atoms with Gasteiger partial charge in [-0.15, -0.1) is 0 Å². The average Bonchev–Trinajstić information content (AvgIpc) is 2.91. The van der Waals surface area contributed by atoms with Gasteiger partial charge in [0.15, 0.2) is 15.7 Å². The summed E-state index contributed by atoms with van der Waals surface area (Å²) in [4.78, 5) is 23.0. The van der Waals surface area contributed by atoms with Crippen LogP contribution in [0.4, 0.5) is 17.2 Å². The monoisotopic (exact) mass is 585 g/mol. The lowest BCUT2D eigenvalue weighted by molar-refractivity contribution is -0.122. The number of anilines is 3. The average molecular weight is 586 g/mol. The van der Waals surface area contributed by atoms with Crippen molar-refractivity contribution < 1.29 is 17.9 Å². The standard InChI is InChI=1S/C29H36ClN5O4S/c1-18(2)39-25-16-22(35-13-11-20(12-14-35)28(31)36)10-9-21(25)15-27-32-17-23(30)29(34-27)33-24-7-5-6-8-26(24)40(37,38)19(3)4/h5-10,16-20H,11-15H2,1-4H3,(H2,31,36)(H,32,33,34). The van der Waals surface area contributed by atoms with Gasteiger partial charge in [0.05, 0.1) is 28.1 Å². The van der Waals surface area contributed by atoms with Gasteiger partial charge in [0.25, 0.3) is 0 Å². The first-order valence-electron chi connectivity index (χ1n) is 13.4. The summed E-state index contributed by atoms with van der Waals surface area (Å²) in [5.41, 5.74) is 7.82. The molecule has 0 saturated carbocycles. The first kappa shape index (κ1) is 29.6. The van der Waals surface area contributed by atoms with E-state index < -0.39 is 15.1 Å². The number of hydrogen-bond donors (Lipinski definition) is 2. The summed E-state index contributed by atoms with van der Waals surface area (Å²) in [6.45, 7) is 8.73. The number of nitrogens with two attached hydrogens (primary N) is 1. The van der Waals surface area contributed by atoms with Gasteiger partial charge in [-0.05, 0) is 58.7 Å². The Morgan fingerprint density at radius 2 is 1.85 bits per heavy atom. The van der Waals surface area contributed by atoms with E-state index in [1.165, 1.54) is 6.20 Å². The van der Waals surface area contributed by atoms with Crippen LogP contribution in [0.25, 0.3) is 0 Å². The molecule has 40 heavy (non-hydrogen) atoms. The lowest BCUT2D eigenvalue weighted by Crippen LogP contribution is -2.38. The summed E-state index contributed by atoms with van der Waals surface area (Å²) in [7, 11) is -3.53. The number of hydrogen-bond acceptors (Lipinski definition) is 8. The van der Waals surface area contributed by atoms with Gasteiger partial charge in [-0.2, -0.15) is 0 Å². The number of sulfone groups is 1. The number of halogens is 1. The van der Waals surface area contributed by atoms with E-state index in [2.05, 4.69) is 20.2 Å². The van der Waals surface area contributed by atoms with Crippen LogP contribution in [0.5, 0.6) is 5.75 Å². The molecule has 1 aromatic heterocycles. The number of aromatic nitrogens is 2. The molecule has 2 heterocycles. The maximum absolute atomic E-state index is 12.9. The third kappa shape index (κ3) is 6.85. The van der Waals surface area contributed by atoms with E-state index in [1.54, 1.807) is 38.1 Å². The molecule has 4 rings (SSSR count). The second kappa shape index (κ2) is 12.4. The molecule has 1 aliphatic heterocycles. The fourth-order valence-electron chi connectivity index (χ4n) is 4.62. The largest absolute Gasteiger partial charge is 0.491 e. The van der Waals surface area contributed by atoms with Crippen molar-refractivity contribution in [2.24, 2.45) is 11.7 Å². The molecule has 1 fully saturated rings. The van der Waals surface area contributed by atoms with Crippen molar-refractivity contribution in [3.63, 3.8) is 0 Å². The molecule has 0 bridgehead atoms. The molecular weight excluding hydrogens is 550 g/mol. The molecule has 1 saturated heterocycles. The van der Waals surface area contributed by atoms with Crippen LogP contribution in [-0.4, -0.2) is 48.7 Å². The first-order valence-corrected chi connectivity index (χ1v) is 15.3. The number of carbonyl (C=O) groups is 1. The maximum atomic E-state index is 12.9. The van der Waals surface area contributed by atoms with Crippen LogP contribution < -0.4 is 20.7 Å². The fraction of sp³-hybridized carbons (Fsp3) is 0.414. The van der Waals surface area contributed by atoms with Crippen molar-refractivity contribution in [3.05, 3.63) is 65.1 Å². The quantitative estimate of drug-likeness (QED) is 0.335. The Morgan fingerprint density at radius 1 is 1.15 bits per heavy atom. The molecule has 2 aromatic carbocycles. The Morgan fingerprint density at radius 3 is 2.50 bits per heavy atom. The van der Waals surface area contributed by atoms with E-state index in [-0.39, 0.29) is 27.8 Å². The molecular formula is C29H36ClN5O4S. The number of nitrogens with zero attached hydrogens (tertiary/aromatic N) is 3. The summed E-state index contributed by atoms with van der Waals surface area (Å²) < 4.78 is 32.0. The molecule has 1 amide bonds. The molecule has 0 radical (unpaired) electrons. The second-order valence-electron chi connectivity index (χ2n) is 10.5. The van der Waals surface area contributed by atoms with E-state index in [9.17, 15) is 13.2 Å². The van der Waals surface area contributed by atoms with Crippen molar-refractivity contribution in [2.75, 3.05) is 23.3 Å². The van der Waals surface area contributed by atoms with Gasteiger partial charge in [0.1, 0.15) is 16.6 Å². The second-order valence-corrected chi connectivity index (χ2v) is 13.4. The molecule has 0 unspecified atom stereocenters. The zero-order valence-electron chi connectivity index (χ0n) is 23.2. The Labute approximate surface area is 241 Å². The molecule has 3 N–H and O–H groups in total. The lowest BCUT2D eigenvalue weighted by Gasteiger charge is -2.32. The van der Waals surface area contributed by atoms with E-state index in [1.807, 2.05) is 32.0 Å². The Kier molecular flexibility index (Phi) is 9.20. The predicted octanol–water partition coefficient (Wildman–Crippen LogP) is 5.14. The predicted molar refractivity (Wildman–Crippen MR) is 158 cm³/mol. The minimum atomic E-state index is -3.53. The minimum Gasteiger partial charge on any atom is -0.491 e. The summed E-state index contributed by atoms with van der Waals surface area (Å²) in [5, 5.41) is 2.80. The number of amides is 1. The van der Waals surface area contributed by atoms with Gasteiger partial charge in [0, 0.05) is 42.7 Å². The van der Waals surface area contributed by atoms with Gasteiger partial charge < -0.3 is 20.7 Å². The number of piperidine rings is 1. The highest BCUT2D eigenvalue weighted by Crippen LogP contribution is 2.33. The van der Waals surface area contributed by atoms with Gasteiger partial charge in [0.2, 0.25) is 5.91 Å². The molecule has 9 nitrogen and oxygen atoms in total. The Hall–Kier alpha value is -3.37. The van der Waals surface area contributed by atoms with Gasteiger partial charge in [-0.25, -0.2) is 18.4 Å². The third-order valence-electron chi connectivity index (χ3n) is 6.89. The topological polar surface area (TPSA) is 128 Å². The number of primary amides is 1. The summed E-state index contributed by atoms with van der Waals surface area (Å²) in [6, 6.07) is 12.8. The Bertz CT molecular complexity index is 1470. The molecule has 0 atom stereocenters. The first-order chi connectivity index (χ1) is 19.0. The van der Waals surface area contributed by atoms with Crippen molar-refractivity contribution in [3.8, 4) is 5.75 Å². The molecule has 0 aliphatic carbocycles. The Balaban J connectivity index is 1.59. The molecule has 1 aliphatic rings. The maximum Gasteiger partial charge on any atom is 0.220 e. The minimum absolute atomic E-state index is 0.0441. The number of para-hydroxylation sites is 1. The third-order valence-corrected chi connectivity index (χ3v) is 9.37. The summed E-state index contributed by atoms with van der Waals surface area (Å²) in [6.07, 6.45) is 3.30. The van der Waals surface area contributed by atoms with Crippen LogP contribution in [0, 0.1) is 5.92 Å². The highest BCUT2D eigenvalue weighted by molar-refractivity contribution is 7.92. The molecule has 214 valence electrons. The van der Waals surface area contributed by atoms with Crippen LogP contribution in [-0.2, 0) is 21.1 Å². The van der Waals surface area contributed by atoms with Crippen molar-refractivity contribution >= 4 is 44.5 Å². The van der Waals surface area contributed by atoms with Crippen LogP contribution in [0.15, 0.2) is 53.6 Å². The van der Waals surface area contributed by atoms with Gasteiger partial charge in [-0.1, -0.05) is 29.8 Å². The summed E-state index contributed by atoms with van der Waals surface area (Å²) in [5.74, 6) is 1.23. The number of rotatable bonds is 10. The van der Waals surface area contributed by atoms with E-state index in [0.717, 1.165) is 42.9 Å². The van der Waals surface area contributed by atoms with Crippen molar-refractivity contribution in [2.45, 2.75) is 63.2 Å². The molecule has 11 heteroatoms. The highest BCUT2D eigenvalue weighted by Gasteiger charge is 2.25. The van der Waals surface area contributed by atoms with E-state index in [0.29, 0.717) is 23.8 Å². The van der Waals surface area contributed by atoms with E-state index in [4.69, 9.17) is 22.1 Å². The zero-order valence-corrected chi connectivity index (χ0v) is 24.8. The molecule has 3 aromatic rings. The highest BCUT2D eigenvalue weighted by atomic mass is 35.5. The zero-order chi connectivity index (χ0) is 29.0. The van der Waals surface area contributed by atoms with Crippen LogP contribution in [0.3, 0.4) is 0 Å². The number of nitrogens with one attached hydrogen (secondary N) is 1. The van der Waals surface area contributed by atoms with Crippen molar-refractivity contribution in [1.82, 2.24) is 9.97 Å². The number of ether oxygens (including phenoxy) is 1.